The van der Waals surface area contributed by atoms with Crippen LogP contribution >= 0.6 is 0 Å². The highest BCUT2D eigenvalue weighted by Crippen LogP contribution is 2.17. The van der Waals surface area contributed by atoms with E-state index < -0.39 is 0 Å². The summed E-state index contributed by atoms with van der Waals surface area (Å²) in [6, 6.07) is 3.61. The Morgan fingerprint density at radius 3 is 2.87 bits per heavy atom. The zero-order chi connectivity index (χ0) is 11.3. The van der Waals surface area contributed by atoms with Crippen LogP contribution < -0.4 is 5.73 Å². The number of nitrogen functional groups attached to an aromatic ring is 1. The van der Waals surface area contributed by atoms with Crippen LogP contribution in [0.2, 0.25) is 0 Å². The average Bonchev–Trinajstić information content (AvgIpc) is 2.18. The van der Waals surface area contributed by atoms with Gasteiger partial charge in [0.2, 0.25) is 0 Å². The maximum absolute atomic E-state index is 11.2. The van der Waals surface area contributed by atoms with E-state index in [2.05, 4.69) is 4.98 Å². The van der Waals surface area contributed by atoms with Gasteiger partial charge in [-0.25, -0.2) is 0 Å². The molecule has 0 saturated heterocycles. The lowest BCUT2D eigenvalue weighted by Crippen LogP contribution is -2.09. The van der Waals surface area contributed by atoms with Gasteiger partial charge in [-0.15, -0.1) is 0 Å². The van der Waals surface area contributed by atoms with Crippen LogP contribution in [0.5, 0.6) is 0 Å². The summed E-state index contributed by atoms with van der Waals surface area (Å²) in [5.41, 5.74) is 7.01. The van der Waals surface area contributed by atoms with E-state index in [0.29, 0.717) is 18.7 Å². The molecular weight excluding hydrogens is 192 g/mol. The number of nitrogens with two attached hydrogens (primary N) is 1. The van der Waals surface area contributed by atoms with E-state index in [1.165, 1.54) is 0 Å². The lowest BCUT2D eigenvalue weighted by atomic mass is 10.0. The van der Waals surface area contributed by atoms with Crippen LogP contribution in [0.4, 0.5) is 5.69 Å². The molecule has 1 atom stereocenters. The zero-order valence-electron chi connectivity index (χ0n) is 9.06. The van der Waals surface area contributed by atoms with E-state index >= 15 is 0 Å². The molecular formula is C11H16N2O2. The highest BCUT2D eigenvalue weighted by atomic mass is 16.5. The molecule has 0 amide bonds. The Labute approximate surface area is 89.5 Å². The van der Waals surface area contributed by atoms with Crippen LogP contribution in [0.1, 0.15) is 31.9 Å². The molecule has 0 aliphatic carbocycles. The SMILES string of the molecule is CCOC(=O)CC(C)c1ccc(N)cn1. The first-order chi connectivity index (χ1) is 7.13. The number of anilines is 1. The summed E-state index contributed by atoms with van der Waals surface area (Å²) < 4.78 is 4.87. The third-order valence-electron chi connectivity index (χ3n) is 2.09. The molecule has 15 heavy (non-hydrogen) atoms. The van der Waals surface area contributed by atoms with Gasteiger partial charge in [-0.1, -0.05) is 6.92 Å². The van der Waals surface area contributed by atoms with Gasteiger partial charge in [-0.2, -0.15) is 0 Å². The summed E-state index contributed by atoms with van der Waals surface area (Å²) in [7, 11) is 0. The van der Waals surface area contributed by atoms with Crippen LogP contribution in [0, 0.1) is 0 Å². The van der Waals surface area contributed by atoms with Crippen LogP contribution in [0.15, 0.2) is 18.3 Å². The smallest absolute Gasteiger partial charge is 0.306 e. The van der Waals surface area contributed by atoms with Gasteiger partial charge in [-0.3, -0.25) is 9.78 Å². The predicted molar refractivity (Wildman–Crippen MR) is 58.3 cm³/mol. The van der Waals surface area contributed by atoms with E-state index in [0.717, 1.165) is 5.69 Å². The molecule has 0 aliphatic heterocycles. The lowest BCUT2D eigenvalue weighted by molar-refractivity contribution is -0.143. The molecule has 2 N–H and O–H groups in total. The van der Waals surface area contributed by atoms with Gasteiger partial charge in [0.05, 0.1) is 24.9 Å². The van der Waals surface area contributed by atoms with Gasteiger partial charge in [0.15, 0.2) is 0 Å². The van der Waals surface area contributed by atoms with Crippen LogP contribution in [-0.2, 0) is 9.53 Å². The summed E-state index contributed by atoms with van der Waals surface area (Å²) in [4.78, 5) is 15.4. The summed E-state index contributed by atoms with van der Waals surface area (Å²) >= 11 is 0. The number of pyridine rings is 1. The molecule has 4 heteroatoms. The van der Waals surface area contributed by atoms with Gasteiger partial charge in [0.25, 0.3) is 0 Å². The molecule has 0 bridgehead atoms. The van der Waals surface area contributed by atoms with Crippen molar-refractivity contribution in [1.29, 1.82) is 0 Å². The average molecular weight is 208 g/mol. The van der Waals surface area contributed by atoms with E-state index in [4.69, 9.17) is 10.5 Å². The molecule has 0 saturated carbocycles. The van der Waals surface area contributed by atoms with E-state index in [-0.39, 0.29) is 11.9 Å². The molecule has 4 nitrogen and oxygen atoms in total. The summed E-state index contributed by atoms with van der Waals surface area (Å²) in [5.74, 6) is -0.131. The lowest BCUT2D eigenvalue weighted by Gasteiger charge is -2.09. The minimum Gasteiger partial charge on any atom is -0.466 e. The second kappa shape index (κ2) is 5.34. The first-order valence-electron chi connectivity index (χ1n) is 5.00. The maximum atomic E-state index is 11.2. The van der Waals surface area contributed by atoms with Gasteiger partial charge < -0.3 is 10.5 Å². The Bertz CT molecular complexity index is 322. The van der Waals surface area contributed by atoms with E-state index in [1.807, 2.05) is 13.0 Å². The number of aromatic nitrogens is 1. The number of hydrogen-bond donors (Lipinski definition) is 1. The van der Waals surface area contributed by atoms with E-state index in [1.54, 1.807) is 19.2 Å². The predicted octanol–water partition coefficient (Wildman–Crippen LogP) is 1.72. The Morgan fingerprint density at radius 2 is 2.33 bits per heavy atom. The van der Waals surface area contributed by atoms with Gasteiger partial charge in [0, 0.05) is 11.6 Å². The maximum Gasteiger partial charge on any atom is 0.306 e. The normalized spacial score (nSPS) is 12.1. The van der Waals surface area contributed by atoms with Crippen molar-refractivity contribution in [3.8, 4) is 0 Å². The number of carbonyl (C=O) groups is 1. The van der Waals surface area contributed by atoms with Crippen molar-refractivity contribution in [2.45, 2.75) is 26.2 Å². The summed E-state index contributed by atoms with van der Waals surface area (Å²) in [6.07, 6.45) is 1.95. The Kier molecular flexibility index (Phi) is 4.09. The second-order valence-corrected chi connectivity index (χ2v) is 3.43. The summed E-state index contributed by atoms with van der Waals surface area (Å²) in [5, 5.41) is 0. The second-order valence-electron chi connectivity index (χ2n) is 3.43. The van der Waals surface area contributed by atoms with Crippen molar-refractivity contribution in [2.75, 3.05) is 12.3 Å². The third kappa shape index (κ3) is 3.58. The largest absolute Gasteiger partial charge is 0.466 e. The van der Waals surface area contributed by atoms with E-state index in [9.17, 15) is 4.79 Å². The quantitative estimate of drug-likeness (QED) is 0.765. The molecule has 0 spiro atoms. The topological polar surface area (TPSA) is 65.2 Å². The Morgan fingerprint density at radius 1 is 1.60 bits per heavy atom. The van der Waals surface area contributed by atoms with Crippen molar-refractivity contribution < 1.29 is 9.53 Å². The first-order valence-corrected chi connectivity index (χ1v) is 5.00. The van der Waals surface area contributed by atoms with Crippen LogP contribution in [0.3, 0.4) is 0 Å². The highest BCUT2D eigenvalue weighted by Gasteiger charge is 2.12. The standard InChI is InChI=1S/C11H16N2O2/c1-3-15-11(14)6-8(2)10-5-4-9(12)7-13-10/h4-5,7-8H,3,6,12H2,1-2H3. The van der Waals surface area contributed by atoms with Crippen molar-refractivity contribution >= 4 is 11.7 Å². The van der Waals surface area contributed by atoms with Gasteiger partial charge in [0.1, 0.15) is 0 Å². The Balaban J connectivity index is 2.57. The summed E-state index contributed by atoms with van der Waals surface area (Å²) in [6.45, 7) is 4.15. The fourth-order valence-electron chi connectivity index (χ4n) is 1.28. The molecule has 1 rings (SSSR count). The van der Waals surface area contributed by atoms with Crippen LogP contribution in [0.25, 0.3) is 0 Å². The number of esters is 1. The van der Waals surface area contributed by atoms with Gasteiger partial charge in [-0.05, 0) is 19.1 Å². The Hall–Kier alpha value is -1.58. The molecule has 82 valence electrons. The van der Waals surface area contributed by atoms with Crippen molar-refractivity contribution in [3.63, 3.8) is 0 Å². The molecule has 1 unspecified atom stereocenters. The minimum atomic E-state index is -0.191. The zero-order valence-corrected chi connectivity index (χ0v) is 9.06. The molecule has 0 radical (unpaired) electrons. The molecule has 1 aromatic rings. The molecule has 0 aliphatic rings. The monoisotopic (exact) mass is 208 g/mol. The third-order valence-corrected chi connectivity index (χ3v) is 2.09. The van der Waals surface area contributed by atoms with Crippen LogP contribution in [-0.4, -0.2) is 17.6 Å². The number of hydrogen-bond acceptors (Lipinski definition) is 4. The molecule has 1 aromatic heterocycles. The van der Waals surface area contributed by atoms with Crippen molar-refractivity contribution in [3.05, 3.63) is 24.0 Å². The molecule has 0 fully saturated rings. The number of nitrogens with zero attached hydrogens (tertiary/aromatic N) is 1. The van der Waals surface area contributed by atoms with Gasteiger partial charge >= 0.3 is 5.97 Å². The highest BCUT2D eigenvalue weighted by molar-refractivity contribution is 5.70. The minimum absolute atomic E-state index is 0.0599. The first kappa shape index (κ1) is 11.5. The fraction of sp³-hybridized carbons (Fsp3) is 0.455. The number of rotatable bonds is 4. The number of carbonyl (C=O) groups excluding carboxylic acids is 1. The molecule has 1 heterocycles. The van der Waals surface area contributed by atoms with Crippen molar-refractivity contribution in [2.24, 2.45) is 0 Å². The van der Waals surface area contributed by atoms with Crippen molar-refractivity contribution in [1.82, 2.24) is 4.98 Å². The fourth-order valence-corrected chi connectivity index (χ4v) is 1.28. The number of ether oxygens (including phenoxy) is 1. The molecule has 0 aromatic carbocycles.